The Kier molecular flexibility index (Phi) is 2.64. The lowest BCUT2D eigenvalue weighted by atomic mass is 10.1. The SMILES string of the molecule is C=Cc1ccc(C=O)c(OC)c1. The van der Waals surface area contributed by atoms with E-state index in [4.69, 9.17) is 4.74 Å². The molecule has 0 amide bonds. The van der Waals surface area contributed by atoms with Gasteiger partial charge in [0.15, 0.2) is 6.29 Å². The van der Waals surface area contributed by atoms with E-state index in [2.05, 4.69) is 6.58 Å². The molecule has 0 bridgehead atoms. The summed E-state index contributed by atoms with van der Waals surface area (Å²) in [5.74, 6) is 0.586. The van der Waals surface area contributed by atoms with E-state index < -0.39 is 0 Å². The molecular weight excluding hydrogens is 152 g/mol. The van der Waals surface area contributed by atoms with Crippen LogP contribution in [0.15, 0.2) is 24.8 Å². The Labute approximate surface area is 71.5 Å². The molecule has 0 aromatic heterocycles. The minimum absolute atomic E-state index is 0.558. The van der Waals surface area contributed by atoms with Gasteiger partial charge in [0.1, 0.15) is 5.75 Å². The van der Waals surface area contributed by atoms with Crippen LogP contribution in [0, 0.1) is 0 Å². The first-order valence-electron chi connectivity index (χ1n) is 3.57. The molecule has 1 aromatic carbocycles. The second-order valence-electron chi connectivity index (χ2n) is 2.32. The van der Waals surface area contributed by atoms with Crippen molar-refractivity contribution in [3.8, 4) is 5.75 Å². The molecule has 2 heteroatoms. The summed E-state index contributed by atoms with van der Waals surface area (Å²) in [6, 6.07) is 5.30. The molecule has 62 valence electrons. The number of ether oxygens (including phenoxy) is 1. The summed E-state index contributed by atoms with van der Waals surface area (Å²) in [6.07, 6.45) is 2.48. The molecule has 0 N–H and O–H groups in total. The van der Waals surface area contributed by atoms with Crippen LogP contribution in [0.4, 0.5) is 0 Å². The zero-order valence-corrected chi connectivity index (χ0v) is 6.91. The molecule has 0 heterocycles. The third-order valence-corrected chi connectivity index (χ3v) is 1.62. The van der Waals surface area contributed by atoms with Crippen molar-refractivity contribution >= 4 is 12.4 Å². The van der Waals surface area contributed by atoms with Crippen LogP contribution in [0.1, 0.15) is 15.9 Å². The number of rotatable bonds is 3. The Morgan fingerprint density at radius 3 is 2.75 bits per heavy atom. The maximum atomic E-state index is 10.5. The van der Waals surface area contributed by atoms with Crippen molar-refractivity contribution in [3.63, 3.8) is 0 Å². The van der Waals surface area contributed by atoms with Crippen molar-refractivity contribution in [2.75, 3.05) is 7.11 Å². The van der Waals surface area contributed by atoms with Gasteiger partial charge in [-0.3, -0.25) is 4.79 Å². The molecule has 1 rings (SSSR count). The second-order valence-corrected chi connectivity index (χ2v) is 2.32. The zero-order valence-electron chi connectivity index (χ0n) is 6.91. The van der Waals surface area contributed by atoms with Crippen LogP contribution >= 0.6 is 0 Å². The summed E-state index contributed by atoms with van der Waals surface area (Å²) in [5.41, 5.74) is 1.50. The maximum absolute atomic E-state index is 10.5. The summed E-state index contributed by atoms with van der Waals surface area (Å²) in [7, 11) is 1.54. The molecule has 0 aliphatic heterocycles. The monoisotopic (exact) mass is 162 g/mol. The van der Waals surface area contributed by atoms with Crippen molar-refractivity contribution in [1.29, 1.82) is 0 Å². The number of hydrogen-bond acceptors (Lipinski definition) is 2. The summed E-state index contributed by atoms with van der Waals surface area (Å²) in [6.45, 7) is 3.62. The lowest BCUT2D eigenvalue weighted by Gasteiger charge is -2.03. The van der Waals surface area contributed by atoms with Gasteiger partial charge in [-0.05, 0) is 17.7 Å². The Morgan fingerprint density at radius 2 is 2.25 bits per heavy atom. The third kappa shape index (κ3) is 1.53. The number of benzene rings is 1. The van der Waals surface area contributed by atoms with Gasteiger partial charge >= 0.3 is 0 Å². The standard InChI is InChI=1S/C10H10O2/c1-3-8-4-5-9(7-11)10(6-8)12-2/h3-7H,1H2,2H3. The minimum Gasteiger partial charge on any atom is -0.496 e. The molecule has 0 unspecified atom stereocenters. The number of aldehydes is 1. The molecule has 0 aliphatic carbocycles. The van der Waals surface area contributed by atoms with Crippen LogP contribution in [0.3, 0.4) is 0 Å². The molecular formula is C10H10O2. The van der Waals surface area contributed by atoms with Gasteiger partial charge in [0.05, 0.1) is 12.7 Å². The van der Waals surface area contributed by atoms with E-state index in [9.17, 15) is 4.79 Å². The highest BCUT2D eigenvalue weighted by Crippen LogP contribution is 2.18. The van der Waals surface area contributed by atoms with Crippen LogP contribution in [-0.2, 0) is 0 Å². The summed E-state index contributed by atoms with van der Waals surface area (Å²) in [4.78, 5) is 10.5. The molecule has 0 aliphatic rings. The van der Waals surface area contributed by atoms with Crippen molar-refractivity contribution in [2.24, 2.45) is 0 Å². The Morgan fingerprint density at radius 1 is 1.50 bits per heavy atom. The van der Waals surface area contributed by atoms with Gasteiger partial charge in [-0.15, -0.1) is 0 Å². The first-order chi connectivity index (χ1) is 5.81. The molecule has 2 nitrogen and oxygen atoms in total. The largest absolute Gasteiger partial charge is 0.496 e. The number of methoxy groups -OCH3 is 1. The summed E-state index contributed by atoms with van der Waals surface area (Å²) >= 11 is 0. The van der Waals surface area contributed by atoms with E-state index in [1.54, 1.807) is 18.2 Å². The lowest BCUT2D eigenvalue weighted by Crippen LogP contribution is -1.90. The smallest absolute Gasteiger partial charge is 0.153 e. The van der Waals surface area contributed by atoms with Gasteiger partial charge < -0.3 is 4.74 Å². The average molecular weight is 162 g/mol. The highest BCUT2D eigenvalue weighted by molar-refractivity contribution is 5.80. The fourth-order valence-electron chi connectivity index (χ4n) is 0.952. The van der Waals surface area contributed by atoms with E-state index >= 15 is 0 Å². The first-order valence-corrected chi connectivity index (χ1v) is 3.57. The van der Waals surface area contributed by atoms with Crippen molar-refractivity contribution in [3.05, 3.63) is 35.9 Å². The van der Waals surface area contributed by atoms with E-state index in [1.807, 2.05) is 6.07 Å². The number of hydrogen-bond donors (Lipinski definition) is 0. The topological polar surface area (TPSA) is 26.3 Å². The third-order valence-electron chi connectivity index (χ3n) is 1.62. The van der Waals surface area contributed by atoms with Crippen molar-refractivity contribution < 1.29 is 9.53 Å². The normalized spacial score (nSPS) is 9.08. The highest BCUT2D eigenvalue weighted by Gasteiger charge is 2.00. The first kappa shape index (κ1) is 8.53. The van der Waals surface area contributed by atoms with Crippen LogP contribution in [-0.4, -0.2) is 13.4 Å². The van der Waals surface area contributed by atoms with Gasteiger partial charge in [-0.1, -0.05) is 18.7 Å². The summed E-state index contributed by atoms with van der Waals surface area (Å²) < 4.78 is 5.00. The quantitative estimate of drug-likeness (QED) is 0.636. The molecule has 0 radical (unpaired) electrons. The fourth-order valence-corrected chi connectivity index (χ4v) is 0.952. The van der Waals surface area contributed by atoms with Crippen molar-refractivity contribution in [2.45, 2.75) is 0 Å². The van der Waals surface area contributed by atoms with E-state index in [0.29, 0.717) is 11.3 Å². The Balaban J connectivity index is 3.18. The molecule has 12 heavy (non-hydrogen) atoms. The fraction of sp³-hybridized carbons (Fsp3) is 0.100. The van der Waals surface area contributed by atoms with Gasteiger partial charge in [-0.2, -0.15) is 0 Å². The second kappa shape index (κ2) is 3.72. The minimum atomic E-state index is 0.558. The number of carbonyl (C=O) groups is 1. The van der Waals surface area contributed by atoms with Gasteiger partial charge in [-0.25, -0.2) is 0 Å². The molecule has 0 saturated heterocycles. The van der Waals surface area contributed by atoms with Crippen LogP contribution in [0.2, 0.25) is 0 Å². The molecule has 0 fully saturated rings. The lowest BCUT2D eigenvalue weighted by molar-refractivity contribution is 0.112. The van der Waals surface area contributed by atoms with Gasteiger partial charge in [0, 0.05) is 0 Å². The maximum Gasteiger partial charge on any atom is 0.153 e. The van der Waals surface area contributed by atoms with E-state index in [0.717, 1.165) is 11.8 Å². The van der Waals surface area contributed by atoms with Crippen molar-refractivity contribution in [1.82, 2.24) is 0 Å². The van der Waals surface area contributed by atoms with Crippen LogP contribution in [0.25, 0.3) is 6.08 Å². The van der Waals surface area contributed by atoms with Gasteiger partial charge in [0.2, 0.25) is 0 Å². The van der Waals surface area contributed by atoms with E-state index in [-0.39, 0.29) is 0 Å². The summed E-state index contributed by atoms with van der Waals surface area (Å²) in [5, 5.41) is 0. The van der Waals surface area contributed by atoms with E-state index in [1.165, 1.54) is 7.11 Å². The average Bonchev–Trinajstić information content (AvgIpc) is 2.16. The molecule has 1 aromatic rings. The Bertz CT molecular complexity index is 303. The van der Waals surface area contributed by atoms with Crippen LogP contribution < -0.4 is 4.74 Å². The highest BCUT2D eigenvalue weighted by atomic mass is 16.5. The number of carbonyl (C=O) groups excluding carboxylic acids is 1. The Hall–Kier alpha value is -1.57. The predicted molar refractivity (Wildman–Crippen MR) is 48.5 cm³/mol. The predicted octanol–water partition coefficient (Wildman–Crippen LogP) is 2.15. The van der Waals surface area contributed by atoms with Crippen LogP contribution in [0.5, 0.6) is 5.75 Å². The molecule has 0 spiro atoms. The van der Waals surface area contributed by atoms with Gasteiger partial charge in [0.25, 0.3) is 0 Å². The molecule has 0 atom stereocenters. The molecule has 0 saturated carbocycles. The zero-order chi connectivity index (χ0) is 8.97.